The van der Waals surface area contributed by atoms with Gasteiger partial charge in [0.2, 0.25) is 5.82 Å². The van der Waals surface area contributed by atoms with Gasteiger partial charge in [-0.2, -0.15) is 5.10 Å². The number of benzene rings is 1. The molecule has 0 bridgehead atoms. The van der Waals surface area contributed by atoms with E-state index in [4.69, 9.17) is 5.11 Å². The van der Waals surface area contributed by atoms with Crippen LogP contribution in [0.1, 0.15) is 21.0 Å². The zero-order valence-electron chi connectivity index (χ0n) is 10.7. The Bertz CT molecular complexity index is 651. The van der Waals surface area contributed by atoms with Gasteiger partial charge in [-0.25, -0.2) is 4.98 Å². The predicted molar refractivity (Wildman–Crippen MR) is 70.7 cm³/mol. The number of carboxylic acids is 1. The van der Waals surface area contributed by atoms with Gasteiger partial charge in [0.05, 0.1) is 0 Å². The van der Waals surface area contributed by atoms with Crippen molar-refractivity contribution < 1.29 is 19.5 Å². The molecule has 0 aliphatic heterocycles. The van der Waals surface area contributed by atoms with Crippen LogP contribution in [-0.4, -0.2) is 44.6 Å². The topological polar surface area (TPSA) is 137 Å². The summed E-state index contributed by atoms with van der Waals surface area (Å²) in [6.07, 6.45) is 1.21. The van der Waals surface area contributed by atoms with Crippen molar-refractivity contribution in [3.05, 3.63) is 42.0 Å². The lowest BCUT2D eigenvalue weighted by molar-refractivity contribution is -0.135. The smallest absolute Gasteiger partial charge is 0.322 e. The molecule has 9 nitrogen and oxygen atoms in total. The highest BCUT2D eigenvalue weighted by atomic mass is 16.4. The molecule has 1 aromatic heterocycles. The zero-order chi connectivity index (χ0) is 15.2. The first kappa shape index (κ1) is 14.2. The SMILES string of the molecule is O=C(O)CNC(=O)c1ccc(NC(=O)c2ncn[nH]2)cc1. The second-order valence-electron chi connectivity index (χ2n) is 3.94. The van der Waals surface area contributed by atoms with Gasteiger partial charge in [-0.1, -0.05) is 0 Å². The second kappa shape index (κ2) is 6.28. The van der Waals surface area contributed by atoms with E-state index in [1.807, 2.05) is 0 Å². The first-order valence-electron chi connectivity index (χ1n) is 5.83. The van der Waals surface area contributed by atoms with Gasteiger partial charge in [-0.3, -0.25) is 19.5 Å². The minimum Gasteiger partial charge on any atom is -0.480 e. The second-order valence-corrected chi connectivity index (χ2v) is 3.94. The lowest BCUT2D eigenvalue weighted by Crippen LogP contribution is -2.29. The molecule has 0 radical (unpaired) electrons. The maximum absolute atomic E-state index is 11.7. The van der Waals surface area contributed by atoms with E-state index >= 15 is 0 Å². The highest BCUT2D eigenvalue weighted by Crippen LogP contribution is 2.10. The molecule has 0 saturated carbocycles. The summed E-state index contributed by atoms with van der Waals surface area (Å²) in [6.45, 7) is -0.456. The maximum atomic E-state index is 11.7. The quantitative estimate of drug-likeness (QED) is 0.605. The largest absolute Gasteiger partial charge is 0.480 e. The van der Waals surface area contributed by atoms with E-state index in [-0.39, 0.29) is 11.4 Å². The molecular weight excluding hydrogens is 278 g/mol. The molecule has 2 aromatic rings. The molecule has 1 aromatic carbocycles. The van der Waals surface area contributed by atoms with E-state index in [2.05, 4.69) is 25.8 Å². The Kier molecular flexibility index (Phi) is 4.24. The molecule has 0 unspecified atom stereocenters. The van der Waals surface area contributed by atoms with Crippen LogP contribution in [0.5, 0.6) is 0 Å². The number of carboxylic acid groups (broad SMARTS) is 1. The van der Waals surface area contributed by atoms with Crippen molar-refractivity contribution >= 4 is 23.5 Å². The third kappa shape index (κ3) is 3.86. The first-order valence-corrected chi connectivity index (χ1v) is 5.83. The third-order valence-electron chi connectivity index (χ3n) is 2.44. The fourth-order valence-electron chi connectivity index (χ4n) is 1.47. The van der Waals surface area contributed by atoms with Gasteiger partial charge in [0.25, 0.3) is 11.8 Å². The van der Waals surface area contributed by atoms with Crippen LogP contribution in [0.15, 0.2) is 30.6 Å². The number of aromatic amines is 1. The van der Waals surface area contributed by atoms with Crippen LogP contribution >= 0.6 is 0 Å². The number of amides is 2. The lowest BCUT2D eigenvalue weighted by Gasteiger charge is -2.05. The van der Waals surface area contributed by atoms with Crippen molar-refractivity contribution in [3.8, 4) is 0 Å². The van der Waals surface area contributed by atoms with E-state index in [0.29, 0.717) is 5.69 Å². The Hall–Kier alpha value is -3.23. The normalized spacial score (nSPS) is 9.90. The molecule has 4 N–H and O–H groups in total. The summed E-state index contributed by atoms with van der Waals surface area (Å²) in [5.74, 6) is -2.03. The van der Waals surface area contributed by atoms with Crippen LogP contribution in [0.2, 0.25) is 0 Å². The van der Waals surface area contributed by atoms with Gasteiger partial charge < -0.3 is 15.7 Å². The molecular formula is C12H11N5O4. The van der Waals surface area contributed by atoms with Crippen LogP contribution in [-0.2, 0) is 4.79 Å². The van der Waals surface area contributed by atoms with Gasteiger partial charge in [0.1, 0.15) is 12.9 Å². The van der Waals surface area contributed by atoms with Crippen LogP contribution in [0.3, 0.4) is 0 Å². The minimum absolute atomic E-state index is 0.0678. The summed E-state index contributed by atoms with van der Waals surface area (Å²) in [4.78, 5) is 37.3. The average molecular weight is 289 g/mol. The Balaban J connectivity index is 1.97. The third-order valence-corrected chi connectivity index (χ3v) is 2.44. The van der Waals surface area contributed by atoms with Crippen LogP contribution < -0.4 is 10.6 Å². The Morgan fingerprint density at radius 1 is 1.14 bits per heavy atom. The number of anilines is 1. The number of aliphatic carboxylic acids is 1. The standard InChI is InChI=1S/C12H11N5O4/c18-9(19)5-13-11(20)7-1-3-8(4-2-7)16-12(21)10-14-6-15-17-10/h1-4,6H,5H2,(H,13,20)(H,16,21)(H,18,19)(H,14,15,17). The van der Waals surface area contributed by atoms with Crippen molar-refractivity contribution in [3.63, 3.8) is 0 Å². The Morgan fingerprint density at radius 2 is 1.86 bits per heavy atom. The number of nitrogens with one attached hydrogen (secondary N) is 3. The highest BCUT2D eigenvalue weighted by Gasteiger charge is 2.10. The minimum atomic E-state index is -1.13. The van der Waals surface area contributed by atoms with Gasteiger partial charge in [0.15, 0.2) is 0 Å². The lowest BCUT2D eigenvalue weighted by atomic mass is 10.2. The van der Waals surface area contributed by atoms with Gasteiger partial charge in [-0.05, 0) is 24.3 Å². The van der Waals surface area contributed by atoms with Crippen LogP contribution in [0.4, 0.5) is 5.69 Å². The molecule has 2 rings (SSSR count). The summed E-state index contributed by atoms with van der Waals surface area (Å²) in [5, 5.41) is 19.2. The van der Waals surface area contributed by atoms with E-state index < -0.39 is 24.3 Å². The van der Waals surface area contributed by atoms with Crippen molar-refractivity contribution in [2.45, 2.75) is 0 Å². The summed E-state index contributed by atoms with van der Waals surface area (Å²) >= 11 is 0. The number of H-pyrrole nitrogens is 1. The number of hydrogen-bond donors (Lipinski definition) is 4. The summed E-state index contributed by atoms with van der Waals surface area (Å²) in [7, 11) is 0. The van der Waals surface area contributed by atoms with E-state index in [9.17, 15) is 14.4 Å². The van der Waals surface area contributed by atoms with E-state index in [1.54, 1.807) is 0 Å². The number of hydrogen-bond acceptors (Lipinski definition) is 5. The van der Waals surface area contributed by atoms with Crippen molar-refractivity contribution in [1.29, 1.82) is 0 Å². The fraction of sp³-hybridized carbons (Fsp3) is 0.0833. The molecule has 2 amide bonds. The van der Waals surface area contributed by atoms with Crippen molar-refractivity contribution in [1.82, 2.24) is 20.5 Å². The molecule has 0 aliphatic carbocycles. The Labute approximate surface area is 118 Å². The van der Waals surface area contributed by atoms with Crippen molar-refractivity contribution in [2.24, 2.45) is 0 Å². The molecule has 0 atom stereocenters. The van der Waals surface area contributed by atoms with E-state index in [1.165, 1.54) is 30.6 Å². The van der Waals surface area contributed by atoms with Crippen molar-refractivity contribution in [2.75, 3.05) is 11.9 Å². The molecule has 9 heteroatoms. The average Bonchev–Trinajstić information content (AvgIpc) is 3.00. The molecule has 0 aliphatic rings. The summed E-state index contributed by atoms with van der Waals surface area (Å²) in [6, 6.07) is 5.97. The number of aromatic nitrogens is 3. The van der Waals surface area contributed by atoms with Gasteiger partial charge in [0, 0.05) is 11.3 Å². The number of carbonyl (C=O) groups is 3. The molecule has 1 heterocycles. The number of rotatable bonds is 5. The highest BCUT2D eigenvalue weighted by molar-refractivity contribution is 6.02. The van der Waals surface area contributed by atoms with Crippen LogP contribution in [0.25, 0.3) is 0 Å². The molecule has 108 valence electrons. The molecule has 21 heavy (non-hydrogen) atoms. The van der Waals surface area contributed by atoms with Gasteiger partial charge >= 0.3 is 5.97 Å². The van der Waals surface area contributed by atoms with Crippen LogP contribution in [0, 0.1) is 0 Å². The fourth-order valence-corrected chi connectivity index (χ4v) is 1.47. The molecule has 0 fully saturated rings. The maximum Gasteiger partial charge on any atom is 0.322 e. The molecule has 0 saturated heterocycles. The first-order chi connectivity index (χ1) is 10.1. The number of nitrogens with zero attached hydrogens (tertiary/aromatic N) is 2. The van der Waals surface area contributed by atoms with E-state index in [0.717, 1.165) is 0 Å². The zero-order valence-corrected chi connectivity index (χ0v) is 10.7. The van der Waals surface area contributed by atoms with Gasteiger partial charge in [-0.15, -0.1) is 0 Å². The summed E-state index contributed by atoms with van der Waals surface area (Å²) < 4.78 is 0. The number of carbonyl (C=O) groups excluding carboxylic acids is 2. The molecule has 0 spiro atoms. The monoisotopic (exact) mass is 289 g/mol. The predicted octanol–water partition coefficient (Wildman–Crippen LogP) is -0.129. The Morgan fingerprint density at radius 3 is 2.43 bits per heavy atom. The summed E-state index contributed by atoms with van der Waals surface area (Å²) in [5.41, 5.74) is 0.750.